The number of hydrogen-bond acceptors (Lipinski definition) is 6. The summed E-state index contributed by atoms with van der Waals surface area (Å²) in [5.41, 5.74) is 0.0547. The Kier molecular flexibility index (Phi) is 5.30. The summed E-state index contributed by atoms with van der Waals surface area (Å²) in [4.78, 5) is 34.4. The predicted molar refractivity (Wildman–Crippen MR) is 98.2 cm³/mol. The normalized spacial score (nSPS) is 12.0. The second kappa shape index (κ2) is 7.81. The largest absolute Gasteiger partial charge is 0.505 e. The van der Waals surface area contributed by atoms with Gasteiger partial charge >= 0.3 is 0 Å². The minimum Gasteiger partial charge on any atom is -0.505 e. The van der Waals surface area contributed by atoms with Gasteiger partial charge in [-0.05, 0) is 18.6 Å². The van der Waals surface area contributed by atoms with Crippen LogP contribution in [0.5, 0.6) is 5.75 Å². The summed E-state index contributed by atoms with van der Waals surface area (Å²) < 4.78 is 0. The number of aromatic hydroxyl groups is 1. The Bertz CT molecular complexity index is 971. The highest BCUT2D eigenvalue weighted by molar-refractivity contribution is 5.93. The molecule has 9 heteroatoms. The van der Waals surface area contributed by atoms with Gasteiger partial charge in [-0.25, -0.2) is 4.98 Å². The minimum atomic E-state index is -0.866. The number of aromatic amines is 1. The van der Waals surface area contributed by atoms with Crippen molar-refractivity contribution in [2.75, 3.05) is 0 Å². The standard InChI is InChI=1S/C18H19N5O4/c1-2-3-6-14(24)22-16(18-20-8-9-21-18)12-10-13(23(26)27)11-5-4-7-19-15(11)17(12)25/h4-5,7-10,16,25H,2-3,6H2,1H3,(H,20,21)(H,22,24). The smallest absolute Gasteiger partial charge is 0.279 e. The van der Waals surface area contributed by atoms with Crippen molar-refractivity contribution in [2.45, 2.75) is 32.2 Å². The third-order valence-electron chi connectivity index (χ3n) is 4.24. The Balaban J connectivity index is 2.14. The number of pyridine rings is 1. The zero-order valence-corrected chi connectivity index (χ0v) is 14.7. The van der Waals surface area contributed by atoms with Gasteiger partial charge in [0.05, 0.1) is 10.3 Å². The summed E-state index contributed by atoms with van der Waals surface area (Å²) in [6.07, 6.45) is 6.40. The van der Waals surface area contributed by atoms with E-state index in [1.54, 1.807) is 12.3 Å². The molecule has 0 radical (unpaired) electrons. The molecule has 2 heterocycles. The molecule has 3 rings (SSSR count). The minimum absolute atomic E-state index is 0.0982. The molecule has 0 aliphatic rings. The number of nitrogens with one attached hydrogen (secondary N) is 2. The van der Waals surface area contributed by atoms with Crippen LogP contribution in [0.2, 0.25) is 0 Å². The van der Waals surface area contributed by atoms with E-state index in [0.717, 1.165) is 6.42 Å². The monoisotopic (exact) mass is 369 g/mol. The summed E-state index contributed by atoms with van der Waals surface area (Å²) in [5.74, 6) is -0.102. The molecule has 0 fully saturated rings. The molecular weight excluding hydrogens is 350 g/mol. The SMILES string of the molecule is CCCCC(=O)NC(c1ncc[nH]1)c1cc([N+](=O)[O-])c2cccnc2c1O. The number of amides is 1. The molecule has 140 valence electrons. The van der Waals surface area contributed by atoms with E-state index in [2.05, 4.69) is 20.3 Å². The molecule has 1 aromatic carbocycles. The number of fused-ring (bicyclic) bond motifs is 1. The Hall–Kier alpha value is -3.49. The third-order valence-corrected chi connectivity index (χ3v) is 4.24. The van der Waals surface area contributed by atoms with Crippen LogP contribution in [0.25, 0.3) is 10.9 Å². The molecule has 0 saturated heterocycles. The Morgan fingerprint density at radius 3 is 2.89 bits per heavy atom. The van der Waals surface area contributed by atoms with E-state index in [9.17, 15) is 20.0 Å². The van der Waals surface area contributed by atoms with Gasteiger partial charge in [0.2, 0.25) is 5.91 Å². The lowest BCUT2D eigenvalue weighted by atomic mass is 10.00. The maximum absolute atomic E-state index is 12.3. The number of phenolic OH excluding ortho intramolecular Hbond substituents is 1. The van der Waals surface area contributed by atoms with Gasteiger partial charge in [0, 0.05) is 36.6 Å². The second-order valence-electron chi connectivity index (χ2n) is 6.07. The van der Waals surface area contributed by atoms with Crippen molar-refractivity contribution in [2.24, 2.45) is 0 Å². The average molecular weight is 369 g/mol. The Morgan fingerprint density at radius 1 is 1.41 bits per heavy atom. The van der Waals surface area contributed by atoms with Crippen molar-refractivity contribution in [1.82, 2.24) is 20.3 Å². The Labute approximate surface area is 154 Å². The third kappa shape index (κ3) is 3.71. The molecule has 1 unspecified atom stereocenters. The lowest BCUT2D eigenvalue weighted by Gasteiger charge is -2.19. The molecule has 27 heavy (non-hydrogen) atoms. The molecule has 0 bridgehead atoms. The lowest BCUT2D eigenvalue weighted by molar-refractivity contribution is -0.383. The van der Waals surface area contributed by atoms with Crippen LogP contribution in [0.3, 0.4) is 0 Å². The fraction of sp³-hybridized carbons (Fsp3) is 0.278. The van der Waals surface area contributed by atoms with Crippen LogP contribution >= 0.6 is 0 Å². The van der Waals surface area contributed by atoms with Crippen LogP contribution in [0, 0.1) is 10.1 Å². The molecule has 3 N–H and O–H groups in total. The molecule has 1 amide bonds. The van der Waals surface area contributed by atoms with Crippen LogP contribution in [0.15, 0.2) is 36.8 Å². The number of aromatic nitrogens is 3. The van der Waals surface area contributed by atoms with Crippen LogP contribution in [0.4, 0.5) is 5.69 Å². The van der Waals surface area contributed by atoms with E-state index >= 15 is 0 Å². The number of unbranched alkanes of at least 4 members (excludes halogenated alkanes) is 1. The fourth-order valence-electron chi connectivity index (χ4n) is 2.90. The van der Waals surface area contributed by atoms with Crippen LogP contribution in [-0.4, -0.2) is 30.9 Å². The van der Waals surface area contributed by atoms with Gasteiger partial charge in [0.25, 0.3) is 5.69 Å². The number of non-ortho nitro benzene ring substituents is 1. The molecule has 3 aromatic rings. The van der Waals surface area contributed by atoms with Gasteiger partial charge in [-0.15, -0.1) is 0 Å². The van der Waals surface area contributed by atoms with Gasteiger partial charge in [-0.3, -0.25) is 19.9 Å². The van der Waals surface area contributed by atoms with Crippen LogP contribution in [0.1, 0.15) is 43.6 Å². The zero-order chi connectivity index (χ0) is 19.4. The molecule has 0 saturated carbocycles. The summed E-state index contributed by atoms with van der Waals surface area (Å²) >= 11 is 0. The quantitative estimate of drug-likeness (QED) is 0.433. The Morgan fingerprint density at radius 2 is 2.22 bits per heavy atom. The first-order valence-corrected chi connectivity index (χ1v) is 8.56. The average Bonchev–Trinajstić information content (AvgIpc) is 3.19. The highest BCUT2D eigenvalue weighted by Crippen LogP contribution is 2.38. The number of H-pyrrole nitrogens is 1. The van der Waals surface area contributed by atoms with Gasteiger partial charge < -0.3 is 15.4 Å². The molecule has 2 aromatic heterocycles. The number of hydrogen-bond donors (Lipinski definition) is 3. The maximum atomic E-state index is 12.3. The van der Waals surface area contributed by atoms with Gasteiger partial charge in [0.1, 0.15) is 23.1 Å². The van der Waals surface area contributed by atoms with Crippen LogP contribution in [-0.2, 0) is 4.79 Å². The highest BCUT2D eigenvalue weighted by atomic mass is 16.6. The molecule has 0 aliphatic heterocycles. The molecule has 1 atom stereocenters. The highest BCUT2D eigenvalue weighted by Gasteiger charge is 2.28. The molecule has 9 nitrogen and oxygen atoms in total. The lowest BCUT2D eigenvalue weighted by Crippen LogP contribution is -2.30. The van der Waals surface area contributed by atoms with Gasteiger partial charge in [0.15, 0.2) is 0 Å². The molecular formula is C18H19N5O4. The number of nitrogens with zero attached hydrogens (tertiary/aromatic N) is 3. The number of rotatable bonds is 7. The topological polar surface area (TPSA) is 134 Å². The van der Waals surface area contributed by atoms with E-state index < -0.39 is 11.0 Å². The molecule has 0 aliphatic carbocycles. The molecule has 0 spiro atoms. The van der Waals surface area contributed by atoms with Crippen LogP contribution < -0.4 is 5.32 Å². The van der Waals surface area contributed by atoms with Crippen molar-refractivity contribution in [3.05, 3.63) is 58.3 Å². The van der Waals surface area contributed by atoms with E-state index in [1.807, 2.05) is 6.92 Å². The van der Waals surface area contributed by atoms with E-state index in [1.165, 1.54) is 24.5 Å². The van der Waals surface area contributed by atoms with Crippen molar-refractivity contribution in [3.63, 3.8) is 0 Å². The first-order valence-electron chi connectivity index (χ1n) is 8.56. The summed E-state index contributed by atoms with van der Waals surface area (Å²) in [5, 5.41) is 25.3. The number of carbonyl (C=O) groups excluding carboxylic acids is 1. The van der Waals surface area contributed by atoms with Gasteiger partial charge in [-0.2, -0.15) is 0 Å². The van der Waals surface area contributed by atoms with Crippen molar-refractivity contribution in [3.8, 4) is 5.75 Å². The number of nitro groups is 1. The van der Waals surface area contributed by atoms with Gasteiger partial charge in [-0.1, -0.05) is 13.3 Å². The number of nitro benzene ring substituents is 1. The first kappa shape index (κ1) is 18.3. The van der Waals surface area contributed by atoms with Crippen molar-refractivity contribution in [1.29, 1.82) is 0 Å². The fourth-order valence-corrected chi connectivity index (χ4v) is 2.90. The van der Waals surface area contributed by atoms with Crippen molar-refractivity contribution < 1.29 is 14.8 Å². The summed E-state index contributed by atoms with van der Waals surface area (Å²) in [7, 11) is 0. The maximum Gasteiger partial charge on any atom is 0.279 e. The van der Waals surface area contributed by atoms with Crippen molar-refractivity contribution >= 4 is 22.5 Å². The number of imidazole rings is 1. The number of benzene rings is 1. The predicted octanol–water partition coefficient (Wildman–Crippen LogP) is 2.97. The van der Waals surface area contributed by atoms with E-state index in [0.29, 0.717) is 18.7 Å². The number of phenols is 1. The zero-order valence-electron chi connectivity index (χ0n) is 14.7. The summed E-state index contributed by atoms with van der Waals surface area (Å²) in [6.45, 7) is 1.97. The first-order chi connectivity index (χ1) is 13.0. The van der Waals surface area contributed by atoms with E-state index in [4.69, 9.17) is 0 Å². The van der Waals surface area contributed by atoms with E-state index in [-0.39, 0.29) is 33.8 Å². The summed E-state index contributed by atoms with van der Waals surface area (Å²) in [6, 6.07) is 3.47. The second-order valence-corrected chi connectivity index (χ2v) is 6.07. The number of carbonyl (C=O) groups is 1.